The lowest BCUT2D eigenvalue weighted by Gasteiger charge is -2.15. The fourth-order valence-corrected chi connectivity index (χ4v) is 1.75. The molecule has 1 N–H and O–H groups in total. The Balaban J connectivity index is 3.30. The number of nitrogens with zero attached hydrogens (tertiary/aromatic N) is 1. The van der Waals surface area contributed by atoms with E-state index in [4.69, 9.17) is 19.5 Å². The zero-order valence-electron chi connectivity index (χ0n) is 12.8. The van der Waals surface area contributed by atoms with E-state index in [1.807, 2.05) is 0 Å². The molecule has 0 heterocycles. The Morgan fingerprint density at radius 3 is 2.27 bits per heavy atom. The Morgan fingerprint density at radius 2 is 1.77 bits per heavy atom. The lowest BCUT2D eigenvalue weighted by molar-refractivity contribution is -0.115. The van der Waals surface area contributed by atoms with Crippen molar-refractivity contribution in [3.05, 3.63) is 17.7 Å². The summed E-state index contributed by atoms with van der Waals surface area (Å²) in [6.07, 6.45) is -0.322. The van der Waals surface area contributed by atoms with Crippen molar-refractivity contribution in [1.82, 2.24) is 0 Å². The number of hydrogen-bond acceptors (Lipinski definition) is 6. The lowest BCUT2D eigenvalue weighted by Crippen LogP contribution is -2.15. The number of rotatable bonds is 7. The monoisotopic (exact) mass is 306 g/mol. The second kappa shape index (κ2) is 8.52. The molecule has 0 unspecified atom stereocenters. The summed E-state index contributed by atoms with van der Waals surface area (Å²) in [7, 11) is 1.24. The van der Waals surface area contributed by atoms with Gasteiger partial charge in [0, 0.05) is 12.1 Å². The predicted octanol–water partition coefficient (Wildman–Crippen LogP) is 2.12. The molecule has 0 bridgehead atoms. The van der Waals surface area contributed by atoms with Crippen LogP contribution in [0.25, 0.3) is 0 Å². The number of carbonyl (C=O) groups excluding carboxylic acids is 2. The van der Waals surface area contributed by atoms with Gasteiger partial charge < -0.3 is 19.5 Å². The molecule has 118 valence electrons. The van der Waals surface area contributed by atoms with E-state index in [1.165, 1.54) is 19.2 Å². The number of amides is 1. The third-order valence-corrected chi connectivity index (χ3v) is 2.60. The molecule has 0 fully saturated rings. The van der Waals surface area contributed by atoms with Crippen molar-refractivity contribution in [2.75, 3.05) is 25.6 Å². The summed E-state index contributed by atoms with van der Waals surface area (Å²) < 4.78 is 15.6. The highest BCUT2D eigenvalue weighted by Crippen LogP contribution is 2.34. The number of benzene rings is 1. The van der Waals surface area contributed by atoms with E-state index in [-0.39, 0.29) is 17.7 Å². The SMILES string of the molecule is CCOc1cc(NC(=O)CC#N)c(C(=O)OC)cc1OCC. The lowest BCUT2D eigenvalue weighted by atomic mass is 10.1. The standard InChI is InChI=1S/C15H18N2O5/c1-4-21-12-8-10(15(19)20-3)11(9-13(12)22-5-2)17-14(18)6-7-16/h8-9H,4-6H2,1-3H3,(H,17,18). The van der Waals surface area contributed by atoms with E-state index < -0.39 is 11.9 Å². The first kappa shape index (κ1) is 17.3. The molecule has 0 aliphatic carbocycles. The molecule has 1 amide bonds. The fraction of sp³-hybridized carbons (Fsp3) is 0.400. The average Bonchev–Trinajstić information content (AvgIpc) is 2.49. The van der Waals surface area contributed by atoms with Crippen LogP contribution in [0, 0.1) is 11.3 Å². The highest BCUT2D eigenvalue weighted by atomic mass is 16.5. The van der Waals surface area contributed by atoms with Gasteiger partial charge in [0.1, 0.15) is 6.42 Å². The maximum Gasteiger partial charge on any atom is 0.340 e. The van der Waals surface area contributed by atoms with Crippen molar-refractivity contribution in [2.45, 2.75) is 20.3 Å². The maximum atomic E-state index is 11.9. The third kappa shape index (κ3) is 4.38. The summed E-state index contributed by atoms with van der Waals surface area (Å²) in [5.74, 6) is -0.386. The zero-order chi connectivity index (χ0) is 16.5. The van der Waals surface area contributed by atoms with Gasteiger partial charge in [0.25, 0.3) is 0 Å². The second-order valence-electron chi connectivity index (χ2n) is 4.09. The predicted molar refractivity (Wildman–Crippen MR) is 79.0 cm³/mol. The van der Waals surface area contributed by atoms with Crippen molar-refractivity contribution in [1.29, 1.82) is 5.26 Å². The quantitative estimate of drug-likeness (QED) is 0.775. The first-order valence-electron chi connectivity index (χ1n) is 6.76. The summed E-state index contributed by atoms with van der Waals surface area (Å²) in [6, 6.07) is 4.67. The van der Waals surface area contributed by atoms with Gasteiger partial charge in [-0.15, -0.1) is 0 Å². The third-order valence-electron chi connectivity index (χ3n) is 2.60. The van der Waals surface area contributed by atoms with E-state index in [9.17, 15) is 9.59 Å². The minimum atomic E-state index is -0.628. The molecule has 0 atom stereocenters. The topological polar surface area (TPSA) is 97.7 Å². The number of carbonyl (C=O) groups is 2. The highest BCUT2D eigenvalue weighted by molar-refractivity contribution is 6.02. The van der Waals surface area contributed by atoms with Gasteiger partial charge in [0.05, 0.1) is 37.6 Å². The summed E-state index contributed by atoms with van der Waals surface area (Å²) in [5, 5.41) is 11.0. The van der Waals surface area contributed by atoms with Crippen LogP contribution in [-0.4, -0.2) is 32.2 Å². The van der Waals surface area contributed by atoms with E-state index in [0.717, 1.165) is 0 Å². The van der Waals surface area contributed by atoms with Crippen molar-refractivity contribution >= 4 is 17.6 Å². The van der Waals surface area contributed by atoms with Crippen molar-refractivity contribution in [3.8, 4) is 17.6 Å². The number of ether oxygens (including phenoxy) is 3. The molecule has 1 rings (SSSR count). The van der Waals surface area contributed by atoms with Crippen LogP contribution in [0.1, 0.15) is 30.6 Å². The maximum absolute atomic E-state index is 11.9. The van der Waals surface area contributed by atoms with Crippen LogP contribution in [0.3, 0.4) is 0 Å². The molecule has 0 radical (unpaired) electrons. The Hall–Kier alpha value is -2.75. The fourth-order valence-electron chi connectivity index (χ4n) is 1.75. The largest absolute Gasteiger partial charge is 0.490 e. The number of anilines is 1. The van der Waals surface area contributed by atoms with Gasteiger partial charge in [-0.1, -0.05) is 0 Å². The zero-order valence-corrected chi connectivity index (χ0v) is 12.8. The smallest absolute Gasteiger partial charge is 0.340 e. The Morgan fingerprint density at radius 1 is 1.18 bits per heavy atom. The normalized spacial score (nSPS) is 9.55. The van der Waals surface area contributed by atoms with Crippen LogP contribution in [0.15, 0.2) is 12.1 Å². The van der Waals surface area contributed by atoms with Crippen molar-refractivity contribution in [2.24, 2.45) is 0 Å². The van der Waals surface area contributed by atoms with Crippen LogP contribution in [-0.2, 0) is 9.53 Å². The molecule has 0 aliphatic heterocycles. The Labute approximate surface area is 128 Å². The van der Waals surface area contributed by atoms with Gasteiger partial charge in [0.15, 0.2) is 11.5 Å². The molecule has 7 nitrogen and oxygen atoms in total. The summed E-state index contributed by atoms with van der Waals surface area (Å²) >= 11 is 0. The number of methoxy groups -OCH3 is 1. The molecule has 1 aromatic rings. The van der Waals surface area contributed by atoms with Crippen molar-refractivity contribution < 1.29 is 23.8 Å². The minimum Gasteiger partial charge on any atom is -0.490 e. The molecule has 22 heavy (non-hydrogen) atoms. The molecule has 7 heteroatoms. The summed E-state index contributed by atoms with van der Waals surface area (Å²) in [4.78, 5) is 23.5. The number of esters is 1. The first-order chi connectivity index (χ1) is 10.6. The van der Waals surface area contributed by atoms with E-state index in [0.29, 0.717) is 24.7 Å². The van der Waals surface area contributed by atoms with Crippen LogP contribution in [0.2, 0.25) is 0 Å². The Bertz CT molecular complexity index is 592. The average molecular weight is 306 g/mol. The molecular formula is C15H18N2O5. The number of nitriles is 1. The van der Waals surface area contributed by atoms with Crippen molar-refractivity contribution in [3.63, 3.8) is 0 Å². The van der Waals surface area contributed by atoms with Crippen LogP contribution < -0.4 is 14.8 Å². The van der Waals surface area contributed by atoms with Gasteiger partial charge >= 0.3 is 5.97 Å². The summed E-state index contributed by atoms with van der Waals surface area (Å²) in [5.41, 5.74) is 0.333. The van der Waals surface area contributed by atoms with Gasteiger partial charge in [-0.05, 0) is 13.8 Å². The van der Waals surface area contributed by atoms with Crippen LogP contribution in [0.4, 0.5) is 5.69 Å². The van der Waals surface area contributed by atoms with Gasteiger partial charge in [-0.2, -0.15) is 5.26 Å². The molecule has 0 aliphatic rings. The van der Waals surface area contributed by atoms with Crippen LogP contribution >= 0.6 is 0 Å². The molecular weight excluding hydrogens is 288 g/mol. The first-order valence-corrected chi connectivity index (χ1v) is 6.76. The number of hydrogen-bond donors (Lipinski definition) is 1. The molecule has 0 saturated heterocycles. The molecule has 0 spiro atoms. The second-order valence-corrected chi connectivity index (χ2v) is 4.09. The van der Waals surface area contributed by atoms with E-state index in [1.54, 1.807) is 19.9 Å². The minimum absolute atomic E-state index is 0.126. The van der Waals surface area contributed by atoms with Gasteiger partial charge in [-0.3, -0.25) is 4.79 Å². The Kier molecular flexibility index (Phi) is 6.70. The molecule has 1 aromatic carbocycles. The van der Waals surface area contributed by atoms with Crippen LogP contribution in [0.5, 0.6) is 11.5 Å². The number of nitrogens with one attached hydrogen (secondary N) is 1. The highest BCUT2D eigenvalue weighted by Gasteiger charge is 2.19. The molecule has 0 saturated carbocycles. The van der Waals surface area contributed by atoms with Gasteiger partial charge in [-0.25, -0.2) is 4.79 Å². The van der Waals surface area contributed by atoms with E-state index >= 15 is 0 Å². The molecule has 0 aromatic heterocycles. The van der Waals surface area contributed by atoms with E-state index in [2.05, 4.69) is 5.32 Å². The summed E-state index contributed by atoms with van der Waals surface area (Å²) in [6.45, 7) is 4.39. The van der Waals surface area contributed by atoms with Gasteiger partial charge in [0.2, 0.25) is 5.91 Å².